The minimum absolute atomic E-state index is 0.0809. The second-order valence-corrected chi connectivity index (χ2v) is 9.73. The van der Waals surface area contributed by atoms with Crippen LogP contribution in [0.5, 0.6) is 0 Å². The third-order valence-electron chi connectivity index (χ3n) is 6.49. The molecule has 0 aromatic heterocycles. The maximum absolute atomic E-state index is 13.3. The highest BCUT2D eigenvalue weighted by Crippen LogP contribution is 2.17. The molecule has 0 aliphatic carbocycles. The zero-order valence-corrected chi connectivity index (χ0v) is 23.3. The molecule has 0 aromatic carbocycles. The van der Waals surface area contributed by atoms with Crippen LogP contribution in [0.2, 0.25) is 0 Å². The first-order chi connectivity index (χ1) is 17.0. The van der Waals surface area contributed by atoms with Gasteiger partial charge in [0.1, 0.15) is 6.04 Å². The Balaban J connectivity index is 4.93. The first-order valence-corrected chi connectivity index (χ1v) is 14.6. The molecule has 5 N–H and O–H groups in total. The fourth-order valence-electron chi connectivity index (χ4n) is 4.41. The van der Waals surface area contributed by atoms with Gasteiger partial charge in [-0.25, -0.2) is 4.79 Å². The SMILES string of the molecule is CCCCCCCCCCN(C(=O)CCCCCCCCC)C(CCC[NH+]=C(N)N)C(=O)OCC. The number of rotatable bonds is 24. The summed E-state index contributed by atoms with van der Waals surface area (Å²) in [6.07, 6.45) is 19.5. The van der Waals surface area contributed by atoms with Gasteiger partial charge in [0.2, 0.25) is 5.91 Å². The van der Waals surface area contributed by atoms with Crippen molar-refractivity contribution in [2.75, 3.05) is 19.7 Å². The lowest BCUT2D eigenvalue weighted by atomic mass is 10.0. The molecule has 0 fully saturated rings. The standard InChI is InChI=1S/C28H56N4O3/c1-4-7-9-11-13-15-17-19-24-32(26(33)22-18-16-14-12-10-8-5-2)25(27(34)35-6-3)21-20-23-31-28(29)30/h25H,4-24H2,1-3H3,(H4,29,30,31)/p+1. The molecule has 0 aliphatic heterocycles. The van der Waals surface area contributed by atoms with Crippen LogP contribution in [0.1, 0.15) is 136 Å². The molecule has 0 bridgehead atoms. The number of unbranched alkanes of at least 4 members (excludes halogenated alkanes) is 13. The van der Waals surface area contributed by atoms with Gasteiger partial charge in [-0.3, -0.25) is 21.3 Å². The largest absolute Gasteiger partial charge is 0.464 e. The lowest BCUT2D eigenvalue weighted by Gasteiger charge is -2.30. The first kappa shape index (κ1) is 33.2. The summed E-state index contributed by atoms with van der Waals surface area (Å²) >= 11 is 0. The molecule has 7 heteroatoms. The smallest absolute Gasteiger partial charge is 0.338 e. The fourth-order valence-corrected chi connectivity index (χ4v) is 4.41. The van der Waals surface area contributed by atoms with Gasteiger partial charge in [0.15, 0.2) is 0 Å². The van der Waals surface area contributed by atoms with Crippen molar-refractivity contribution in [1.29, 1.82) is 0 Å². The highest BCUT2D eigenvalue weighted by Gasteiger charge is 2.30. The number of ether oxygens (including phenoxy) is 1. The summed E-state index contributed by atoms with van der Waals surface area (Å²) in [4.78, 5) is 30.8. The highest BCUT2D eigenvalue weighted by molar-refractivity contribution is 5.84. The minimum atomic E-state index is -0.544. The summed E-state index contributed by atoms with van der Waals surface area (Å²) in [6, 6.07) is -0.544. The van der Waals surface area contributed by atoms with E-state index in [1.54, 1.807) is 0 Å². The molecular formula is C28H57N4O3+. The third-order valence-corrected chi connectivity index (χ3v) is 6.49. The van der Waals surface area contributed by atoms with Crippen LogP contribution in [0, 0.1) is 0 Å². The predicted molar refractivity (Wildman–Crippen MR) is 146 cm³/mol. The van der Waals surface area contributed by atoms with Gasteiger partial charge in [-0.1, -0.05) is 97.3 Å². The molecule has 1 unspecified atom stereocenters. The number of hydrogen-bond donors (Lipinski definition) is 3. The van der Waals surface area contributed by atoms with E-state index in [1.165, 1.54) is 70.6 Å². The number of carbonyl (C=O) groups is 2. The van der Waals surface area contributed by atoms with Gasteiger partial charge >= 0.3 is 11.9 Å². The monoisotopic (exact) mass is 497 g/mol. The normalized spacial score (nSPS) is 11.7. The second kappa shape index (κ2) is 23.9. The average Bonchev–Trinajstić information content (AvgIpc) is 2.83. The van der Waals surface area contributed by atoms with Gasteiger partial charge in [0.25, 0.3) is 0 Å². The molecule has 0 aliphatic rings. The minimum Gasteiger partial charge on any atom is -0.464 e. The predicted octanol–water partition coefficient (Wildman–Crippen LogP) is 4.16. The van der Waals surface area contributed by atoms with Crippen molar-refractivity contribution in [2.45, 2.75) is 142 Å². The van der Waals surface area contributed by atoms with E-state index >= 15 is 0 Å². The van der Waals surface area contributed by atoms with Crippen molar-refractivity contribution in [3.05, 3.63) is 0 Å². The molecule has 1 amide bonds. The molecule has 0 saturated heterocycles. The van der Waals surface area contributed by atoms with Crippen molar-refractivity contribution in [3.8, 4) is 0 Å². The number of esters is 1. The number of nitrogens with zero attached hydrogens (tertiary/aromatic N) is 1. The Hall–Kier alpha value is -1.79. The van der Waals surface area contributed by atoms with E-state index in [1.807, 2.05) is 11.8 Å². The summed E-state index contributed by atoms with van der Waals surface area (Å²) in [6.45, 7) is 7.76. The molecule has 0 saturated carbocycles. The van der Waals surface area contributed by atoms with Gasteiger partial charge in [-0.2, -0.15) is 0 Å². The molecular weight excluding hydrogens is 440 g/mol. The summed E-state index contributed by atoms with van der Waals surface area (Å²) in [5, 5.41) is 0. The second-order valence-electron chi connectivity index (χ2n) is 9.73. The topological polar surface area (TPSA) is 113 Å². The molecule has 7 nitrogen and oxygen atoms in total. The molecule has 0 spiro atoms. The fraction of sp³-hybridized carbons (Fsp3) is 0.893. The van der Waals surface area contributed by atoms with E-state index in [2.05, 4.69) is 18.8 Å². The molecule has 0 rings (SSSR count). The van der Waals surface area contributed by atoms with Crippen LogP contribution in [0.15, 0.2) is 0 Å². The zero-order valence-electron chi connectivity index (χ0n) is 23.3. The molecule has 1 atom stereocenters. The first-order valence-electron chi connectivity index (χ1n) is 14.6. The third kappa shape index (κ3) is 19.1. The van der Waals surface area contributed by atoms with Crippen LogP contribution in [-0.2, 0) is 14.3 Å². The summed E-state index contributed by atoms with van der Waals surface area (Å²) in [7, 11) is 0. The van der Waals surface area contributed by atoms with E-state index in [4.69, 9.17) is 16.2 Å². The van der Waals surface area contributed by atoms with Gasteiger partial charge in [0, 0.05) is 13.0 Å². The Labute approximate surface area is 215 Å². The number of nitrogens with one attached hydrogen (secondary N) is 1. The van der Waals surface area contributed by atoms with Crippen molar-refractivity contribution < 1.29 is 19.3 Å². The van der Waals surface area contributed by atoms with Crippen molar-refractivity contribution in [2.24, 2.45) is 11.5 Å². The maximum atomic E-state index is 13.3. The molecule has 0 heterocycles. The van der Waals surface area contributed by atoms with Gasteiger partial charge < -0.3 is 9.64 Å². The van der Waals surface area contributed by atoms with Crippen LogP contribution >= 0.6 is 0 Å². The van der Waals surface area contributed by atoms with Crippen molar-refractivity contribution in [3.63, 3.8) is 0 Å². The van der Waals surface area contributed by atoms with Crippen LogP contribution in [-0.4, -0.2) is 48.5 Å². The number of amides is 1. The van der Waals surface area contributed by atoms with Crippen molar-refractivity contribution in [1.82, 2.24) is 4.90 Å². The number of carbonyl (C=O) groups excluding carboxylic acids is 2. The Morgan fingerprint density at radius 2 is 1.26 bits per heavy atom. The van der Waals surface area contributed by atoms with Crippen LogP contribution in [0.25, 0.3) is 0 Å². The Morgan fingerprint density at radius 3 is 1.77 bits per heavy atom. The lowest BCUT2D eigenvalue weighted by Crippen LogP contribution is -2.78. The van der Waals surface area contributed by atoms with E-state index in [0.29, 0.717) is 39.0 Å². The average molecular weight is 498 g/mol. The van der Waals surface area contributed by atoms with Gasteiger partial charge in [-0.05, 0) is 32.6 Å². The number of nitrogens with two attached hydrogens (primary N) is 2. The van der Waals surface area contributed by atoms with E-state index in [-0.39, 0.29) is 17.8 Å². The van der Waals surface area contributed by atoms with E-state index in [9.17, 15) is 9.59 Å². The van der Waals surface area contributed by atoms with Crippen molar-refractivity contribution >= 4 is 17.8 Å². The van der Waals surface area contributed by atoms with Crippen LogP contribution in [0.3, 0.4) is 0 Å². The maximum Gasteiger partial charge on any atom is 0.338 e. The summed E-state index contributed by atoms with van der Waals surface area (Å²) < 4.78 is 5.37. The van der Waals surface area contributed by atoms with Gasteiger partial charge in [0.05, 0.1) is 13.2 Å². The van der Waals surface area contributed by atoms with Gasteiger partial charge in [-0.15, -0.1) is 0 Å². The zero-order chi connectivity index (χ0) is 26.2. The number of guanidine groups is 1. The highest BCUT2D eigenvalue weighted by atomic mass is 16.5. The van der Waals surface area contributed by atoms with E-state index in [0.717, 1.165) is 25.7 Å². The lowest BCUT2D eigenvalue weighted by molar-refractivity contribution is -0.459. The molecule has 35 heavy (non-hydrogen) atoms. The van der Waals surface area contributed by atoms with E-state index < -0.39 is 6.04 Å². The molecule has 206 valence electrons. The summed E-state index contributed by atoms with van der Waals surface area (Å²) in [5.41, 5.74) is 11.0. The quantitative estimate of drug-likeness (QED) is 0.0802. The Bertz CT molecular complexity index is 550. The Kier molecular flexibility index (Phi) is 22.7. The summed E-state index contributed by atoms with van der Waals surface area (Å²) in [5.74, 6) is -0.0504. The number of hydrogen-bond acceptors (Lipinski definition) is 3. The van der Waals surface area contributed by atoms with Crippen LogP contribution in [0.4, 0.5) is 0 Å². The Morgan fingerprint density at radius 1 is 0.743 bits per heavy atom. The molecule has 0 radical (unpaired) electrons. The van der Waals surface area contributed by atoms with Crippen LogP contribution < -0.4 is 16.5 Å². The molecule has 0 aromatic rings.